The number of nitrogens with zero attached hydrogens (tertiary/aromatic N) is 2. The van der Waals surface area contributed by atoms with Crippen molar-refractivity contribution in [3.63, 3.8) is 0 Å². The molecule has 38 heavy (non-hydrogen) atoms. The molecule has 3 aromatic rings. The van der Waals surface area contributed by atoms with Crippen LogP contribution < -0.4 is 15.0 Å². The van der Waals surface area contributed by atoms with Crippen molar-refractivity contribution in [2.75, 3.05) is 33.4 Å². The highest BCUT2D eigenvalue weighted by Gasteiger charge is 2.41. The van der Waals surface area contributed by atoms with Crippen LogP contribution >= 0.6 is 11.6 Å². The Bertz CT molecular complexity index is 1270. The fraction of sp³-hybridized carbons (Fsp3) is 0.407. The van der Waals surface area contributed by atoms with E-state index in [-0.39, 0.29) is 30.2 Å². The van der Waals surface area contributed by atoms with Gasteiger partial charge < -0.3 is 9.47 Å². The van der Waals surface area contributed by atoms with E-state index in [2.05, 4.69) is 4.98 Å². The highest BCUT2D eigenvalue weighted by Crippen LogP contribution is 2.42. The number of ether oxygens (including phenoxy) is 2. The highest BCUT2D eigenvalue weighted by molar-refractivity contribution is 6.32. The maximum atomic E-state index is 15.7. The summed E-state index contributed by atoms with van der Waals surface area (Å²) in [5.41, 5.74) is 1.66. The zero-order valence-electron chi connectivity index (χ0n) is 20.9. The second-order valence-corrected chi connectivity index (χ2v) is 9.83. The van der Waals surface area contributed by atoms with Gasteiger partial charge in [0.15, 0.2) is 0 Å². The SMILES string of the molecule is COc1ccc2ncc(Cl)c(C(F)CCC3(C(=O)NO)CCN(CCOc4cc(F)cc(F)c4)CC3)c2c1. The van der Waals surface area contributed by atoms with E-state index >= 15 is 4.39 Å². The fourth-order valence-electron chi connectivity index (χ4n) is 4.98. The Balaban J connectivity index is 1.39. The topological polar surface area (TPSA) is 83.9 Å². The maximum Gasteiger partial charge on any atom is 0.249 e. The van der Waals surface area contributed by atoms with E-state index in [1.807, 2.05) is 4.90 Å². The van der Waals surface area contributed by atoms with Crippen LogP contribution in [0.25, 0.3) is 10.9 Å². The van der Waals surface area contributed by atoms with Crippen LogP contribution in [0.3, 0.4) is 0 Å². The Morgan fingerprint density at radius 1 is 1.18 bits per heavy atom. The van der Waals surface area contributed by atoms with Gasteiger partial charge in [-0.25, -0.2) is 18.7 Å². The summed E-state index contributed by atoms with van der Waals surface area (Å²) in [4.78, 5) is 19.0. The molecule has 0 radical (unpaired) electrons. The first-order valence-corrected chi connectivity index (χ1v) is 12.6. The molecule has 0 spiro atoms. The van der Waals surface area contributed by atoms with Crippen LogP contribution in [-0.4, -0.2) is 54.3 Å². The third-order valence-corrected chi connectivity index (χ3v) is 7.47. The van der Waals surface area contributed by atoms with Gasteiger partial charge in [-0.15, -0.1) is 0 Å². The van der Waals surface area contributed by atoms with E-state index in [0.29, 0.717) is 54.7 Å². The Kier molecular flexibility index (Phi) is 8.96. The number of amides is 1. The van der Waals surface area contributed by atoms with Crippen LogP contribution in [0, 0.1) is 17.0 Å². The molecule has 1 amide bonds. The summed E-state index contributed by atoms with van der Waals surface area (Å²) >= 11 is 6.35. The molecule has 1 aliphatic rings. The maximum absolute atomic E-state index is 15.7. The van der Waals surface area contributed by atoms with Crippen LogP contribution in [0.2, 0.25) is 5.02 Å². The molecule has 7 nitrogen and oxygen atoms in total. The molecule has 11 heteroatoms. The average molecular weight is 552 g/mol. The number of methoxy groups -OCH3 is 1. The molecule has 0 aliphatic carbocycles. The summed E-state index contributed by atoms with van der Waals surface area (Å²) in [6.45, 7) is 1.68. The van der Waals surface area contributed by atoms with Gasteiger partial charge in [0.1, 0.15) is 35.9 Å². The lowest BCUT2D eigenvalue weighted by Crippen LogP contribution is -2.49. The van der Waals surface area contributed by atoms with E-state index in [1.54, 1.807) is 23.7 Å². The van der Waals surface area contributed by atoms with Gasteiger partial charge in [-0.2, -0.15) is 0 Å². The minimum atomic E-state index is -1.47. The minimum absolute atomic E-state index is 0.0116. The Morgan fingerprint density at radius 2 is 1.89 bits per heavy atom. The van der Waals surface area contributed by atoms with Crippen molar-refractivity contribution in [2.24, 2.45) is 5.41 Å². The number of aromatic nitrogens is 1. The van der Waals surface area contributed by atoms with Crippen LogP contribution in [-0.2, 0) is 4.79 Å². The molecule has 204 valence electrons. The molecule has 1 unspecified atom stereocenters. The van der Waals surface area contributed by atoms with Gasteiger partial charge in [0.05, 0.1) is 23.1 Å². The second kappa shape index (κ2) is 12.2. The summed E-state index contributed by atoms with van der Waals surface area (Å²) in [6.07, 6.45) is 0.919. The third-order valence-electron chi connectivity index (χ3n) is 7.17. The summed E-state index contributed by atoms with van der Waals surface area (Å²) in [5, 5.41) is 10.2. The van der Waals surface area contributed by atoms with Crippen molar-refractivity contribution in [1.82, 2.24) is 15.4 Å². The van der Waals surface area contributed by atoms with E-state index in [1.165, 1.54) is 13.3 Å². The molecule has 1 saturated heterocycles. The van der Waals surface area contributed by atoms with Crippen LogP contribution in [0.4, 0.5) is 13.2 Å². The van der Waals surface area contributed by atoms with Crippen molar-refractivity contribution < 1.29 is 32.6 Å². The molecular weight excluding hydrogens is 523 g/mol. The number of benzene rings is 2. The number of carbonyl (C=O) groups is 1. The second-order valence-electron chi connectivity index (χ2n) is 9.43. The molecular formula is C27H29ClF3N3O4. The Morgan fingerprint density at radius 3 is 2.55 bits per heavy atom. The van der Waals surface area contributed by atoms with Crippen LogP contribution in [0.1, 0.15) is 37.4 Å². The van der Waals surface area contributed by atoms with Gasteiger partial charge in [-0.05, 0) is 57.0 Å². The molecule has 0 saturated carbocycles. The number of piperidine rings is 1. The lowest BCUT2D eigenvalue weighted by molar-refractivity contribution is -0.143. The van der Waals surface area contributed by atoms with Gasteiger partial charge in [-0.3, -0.25) is 19.9 Å². The normalized spacial score (nSPS) is 16.3. The van der Waals surface area contributed by atoms with Gasteiger partial charge in [0.2, 0.25) is 5.91 Å². The molecule has 2 N–H and O–H groups in total. The first-order valence-electron chi connectivity index (χ1n) is 12.3. The Hall–Kier alpha value is -3.08. The molecule has 1 fully saturated rings. The van der Waals surface area contributed by atoms with Crippen molar-refractivity contribution >= 4 is 28.4 Å². The number of likely N-dealkylation sites (tertiary alicyclic amines) is 1. The smallest absolute Gasteiger partial charge is 0.249 e. The van der Waals surface area contributed by atoms with Crippen molar-refractivity contribution in [3.8, 4) is 11.5 Å². The van der Waals surface area contributed by atoms with Crippen molar-refractivity contribution in [2.45, 2.75) is 31.9 Å². The molecule has 1 aliphatic heterocycles. The van der Waals surface area contributed by atoms with E-state index in [0.717, 1.165) is 18.2 Å². The molecule has 0 bridgehead atoms. The van der Waals surface area contributed by atoms with E-state index in [4.69, 9.17) is 21.1 Å². The van der Waals surface area contributed by atoms with Gasteiger partial charge in [0, 0.05) is 41.9 Å². The number of halogens is 4. The van der Waals surface area contributed by atoms with Crippen LogP contribution in [0.5, 0.6) is 11.5 Å². The number of nitrogens with one attached hydrogen (secondary N) is 1. The number of hydrogen-bond donors (Lipinski definition) is 2. The van der Waals surface area contributed by atoms with Crippen LogP contribution in [0.15, 0.2) is 42.6 Å². The number of alkyl halides is 1. The number of pyridine rings is 1. The lowest BCUT2D eigenvalue weighted by atomic mass is 9.73. The number of rotatable bonds is 10. The number of hydrogen-bond acceptors (Lipinski definition) is 6. The standard InChI is InChI=1S/C27H29ClF3N3O4/c1-37-19-2-3-24-21(15-19)25(22(28)16-32-24)23(31)4-5-27(26(35)33-36)6-8-34(9-7-27)10-11-38-20-13-17(29)12-18(30)14-20/h2-3,12-16,23,36H,4-11H2,1H3,(H,33,35). The van der Waals surface area contributed by atoms with E-state index < -0.39 is 29.1 Å². The van der Waals surface area contributed by atoms with Crippen molar-refractivity contribution in [3.05, 3.63) is 64.8 Å². The lowest BCUT2D eigenvalue weighted by Gasteiger charge is -2.40. The predicted molar refractivity (Wildman–Crippen MR) is 136 cm³/mol. The summed E-state index contributed by atoms with van der Waals surface area (Å²) in [6, 6.07) is 8.13. The monoisotopic (exact) mass is 551 g/mol. The molecule has 2 aromatic carbocycles. The third kappa shape index (κ3) is 6.31. The summed E-state index contributed by atoms with van der Waals surface area (Å²) in [7, 11) is 1.52. The predicted octanol–water partition coefficient (Wildman–Crippen LogP) is 5.63. The average Bonchev–Trinajstić information content (AvgIpc) is 2.91. The van der Waals surface area contributed by atoms with Gasteiger partial charge >= 0.3 is 0 Å². The van der Waals surface area contributed by atoms with Gasteiger partial charge in [-0.1, -0.05) is 11.6 Å². The largest absolute Gasteiger partial charge is 0.497 e. The summed E-state index contributed by atoms with van der Waals surface area (Å²) < 4.78 is 53.1. The van der Waals surface area contributed by atoms with Crippen molar-refractivity contribution in [1.29, 1.82) is 0 Å². The summed E-state index contributed by atoms with van der Waals surface area (Å²) in [5.74, 6) is -1.34. The minimum Gasteiger partial charge on any atom is -0.497 e. The molecule has 1 atom stereocenters. The molecule has 4 rings (SSSR count). The van der Waals surface area contributed by atoms with Gasteiger partial charge in [0.25, 0.3) is 0 Å². The zero-order valence-corrected chi connectivity index (χ0v) is 21.6. The van der Waals surface area contributed by atoms with E-state index in [9.17, 15) is 18.8 Å². The zero-order chi connectivity index (χ0) is 27.3. The first-order chi connectivity index (χ1) is 18.2. The number of carbonyl (C=O) groups excluding carboxylic acids is 1. The number of fused-ring (bicyclic) bond motifs is 1. The first kappa shape index (κ1) is 27.9. The Labute approximate surface area is 223 Å². The number of hydroxylamine groups is 1. The molecule has 1 aromatic heterocycles. The highest BCUT2D eigenvalue weighted by atomic mass is 35.5. The quantitative estimate of drug-likeness (QED) is 0.251. The molecule has 2 heterocycles. The fourth-order valence-corrected chi connectivity index (χ4v) is 5.25.